The van der Waals surface area contributed by atoms with Gasteiger partial charge < -0.3 is 4.74 Å². The lowest BCUT2D eigenvalue weighted by Crippen LogP contribution is -2.65. The molecule has 0 saturated carbocycles. The molecule has 1 fully saturated rings. The average molecular weight is 295 g/mol. The molecular formula is C18H21N3O. The minimum absolute atomic E-state index is 0.0189. The molecule has 0 aliphatic carbocycles. The van der Waals surface area contributed by atoms with E-state index in [1.165, 1.54) is 6.42 Å². The van der Waals surface area contributed by atoms with Crippen LogP contribution in [0.15, 0.2) is 35.5 Å². The molecule has 1 atom stereocenters. The first-order valence-electron chi connectivity index (χ1n) is 7.87. The number of pyridine rings is 1. The van der Waals surface area contributed by atoms with E-state index in [0.29, 0.717) is 0 Å². The molecule has 1 saturated heterocycles. The largest absolute Gasteiger partial charge is 0.464 e. The number of piperidine rings is 1. The Morgan fingerprint density at radius 2 is 2.09 bits per heavy atom. The number of rotatable bonds is 0. The predicted molar refractivity (Wildman–Crippen MR) is 88.9 cm³/mol. The van der Waals surface area contributed by atoms with E-state index in [4.69, 9.17) is 9.73 Å². The summed E-state index contributed by atoms with van der Waals surface area (Å²) in [6, 6.07) is 8.01. The molecule has 4 nitrogen and oxygen atoms in total. The first-order valence-corrected chi connectivity index (χ1v) is 7.87. The molecule has 4 heteroatoms. The normalized spacial score (nSPS) is 26.9. The molecule has 3 heterocycles. The van der Waals surface area contributed by atoms with Crippen molar-refractivity contribution in [1.29, 1.82) is 0 Å². The van der Waals surface area contributed by atoms with E-state index in [9.17, 15) is 0 Å². The van der Waals surface area contributed by atoms with Gasteiger partial charge in [0.2, 0.25) is 5.72 Å². The van der Waals surface area contributed by atoms with Crippen molar-refractivity contribution >= 4 is 22.8 Å². The molecule has 22 heavy (non-hydrogen) atoms. The smallest absolute Gasteiger partial charge is 0.204 e. The predicted octanol–water partition coefficient (Wildman–Crippen LogP) is 3.78. The molecule has 114 valence electrons. The third kappa shape index (κ3) is 1.73. The van der Waals surface area contributed by atoms with E-state index >= 15 is 0 Å². The van der Waals surface area contributed by atoms with E-state index in [1.54, 1.807) is 0 Å². The fraction of sp³-hybridized carbons (Fsp3) is 0.444. The number of fused-ring (bicyclic) bond motifs is 3. The first-order chi connectivity index (χ1) is 10.5. The Kier molecular flexibility index (Phi) is 2.82. The molecule has 1 aromatic carbocycles. The summed E-state index contributed by atoms with van der Waals surface area (Å²) >= 11 is 0. The minimum Gasteiger partial charge on any atom is -0.464 e. The lowest BCUT2D eigenvalue weighted by Gasteiger charge is -2.53. The SMILES string of the molecule is CN1CCCC(C)(C)C12C=Nc1c(ccc3ncccc13)O2. The zero-order valence-corrected chi connectivity index (χ0v) is 13.3. The molecule has 2 aliphatic heterocycles. The lowest BCUT2D eigenvalue weighted by atomic mass is 9.73. The molecule has 1 spiro atoms. The number of aromatic nitrogens is 1. The van der Waals surface area contributed by atoms with Gasteiger partial charge in [0.25, 0.3) is 0 Å². The summed E-state index contributed by atoms with van der Waals surface area (Å²) in [4.78, 5) is 11.5. The van der Waals surface area contributed by atoms with Crippen molar-refractivity contribution in [1.82, 2.24) is 9.88 Å². The summed E-state index contributed by atoms with van der Waals surface area (Å²) in [5.74, 6) is 0.852. The Morgan fingerprint density at radius 3 is 2.91 bits per heavy atom. The van der Waals surface area contributed by atoms with Crippen molar-refractivity contribution in [2.24, 2.45) is 10.4 Å². The van der Waals surface area contributed by atoms with Crippen LogP contribution in [0.3, 0.4) is 0 Å². The van der Waals surface area contributed by atoms with E-state index in [1.807, 2.05) is 30.6 Å². The first kappa shape index (κ1) is 13.7. The van der Waals surface area contributed by atoms with Crippen LogP contribution in [-0.2, 0) is 0 Å². The van der Waals surface area contributed by atoms with Crippen molar-refractivity contribution in [2.75, 3.05) is 13.6 Å². The standard InChI is InChI=1S/C18H21N3O/c1-17(2)9-5-11-21(3)18(17)12-20-16-13-6-4-10-19-14(13)7-8-15(16)22-18/h4,6-8,10,12H,5,9,11H2,1-3H3. The molecule has 0 N–H and O–H groups in total. The maximum absolute atomic E-state index is 6.54. The summed E-state index contributed by atoms with van der Waals surface area (Å²) in [7, 11) is 2.13. The van der Waals surface area contributed by atoms with Crippen LogP contribution in [0, 0.1) is 5.41 Å². The Bertz CT molecular complexity index is 768. The molecule has 0 bridgehead atoms. The van der Waals surface area contributed by atoms with Gasteiger partial charge in [0.1, 0.15) is 11.4 Å². The monoisotopic (exact) mass is 295 g/mol. The molecular weight excluding hydrogens is 274 g/mol. The third-order valence-electron chi connectivity index (χ3n) is 5.19. The van der Waals surface area contributed by atoms with Crippen LogP contribution < -0.4 is 4.74 Å². The molecule has 1 unspecified atom stereocenters. The molecule has 4 rings (SSSR count). The molecule has 1 aromatic heterocycles. The second-order valence-electron chi connectivity index (χ2n) is 6.95. The van der Waals surface area contributed by atoms with E-state index < -0.39 is 5.72 Å². The number of likely N-dealkylation sites (tertiary alicyclic amines) is 1. The van der Waals surface area contributed by atoms with Crippen LogP contribution in [0.1, 0.15) is 26.7 Å². The fourth-order valence-electron chi connectivity index (χ4n) is 3.79. The third-order valence-corrected chi connectivity index (χ3v) is 5.19. The van der Waals surface area contributed by atoms with Crippen molar-refractivity contribution in [3.05, 3.63) is 30.5 Å². The average Bonchev–Trinajstić information content (AvgIpc) is 2.52. The topological polar surface area (TPSA) is 37.7 Å². The zero-order valence-electron chi connectivity index (χ0n) is 13.3. The summed E-state index contributed by atoms with van der Waals surface area (Å²) in [5, 5.41) is 1.04. The van der Waals surface area contributed by atoms with Gasteiger partial charge in [-0.2, -0.15) is 0 Å². The van der Waals surface area contributed by atoms with Gasteiger partial charge in [0, 0.05) is 23.5 Å². The summed E-state index contributed by atoms with van der Waals surface area (Å²) < 4.78 is 6.54. The van der Waals surface area contributed by atoms with Gasteiger partial charge in [-0.15, -0.1) is 0 Å². The van der Waals surface area contributed by atoms with Gasteiger partial charge >= 0.3 is 0 Å². The van der Waals surface area contributed by atoms with Crippen molar-refractivity contribution in [3.8, 4) is 5.75 Å². The number of nitrogens with zero attached hydrogens (tertiary/aromatic N) is 3. The van der Waals surface area contributed by atoms with Crippen molar-refractivity contribution in [3.63, 3.8) is 0 Å². The number of hydrogen-bond donors (Lipinski definition) is 0. The highest BCUT2D eigenvalue weighted by Crippen LogP contribution is 2.48. The Labute approximate surface area is 130 Å². The van der Waals surface area contributed by atoms with E-state index in [2.05, 4.69) is 36.8 Å². The molecule has 0 radical (unpaired) electrons. The Morgan fingerprint density at radius 1 is 1.23 bits per heavy atom. The second kappa shape index (κ2) is 4.53. The quantitative estimate of drug-likeness (QED) is 0.742. The molecule has 2 aromatic rings. The summed E-state index contributed by atoms with van der Waals surface area (Å²) in [5.41, 5.74) is 1.40. The highest BCUT2D eigenvalue weighted by atomic mass is 16.5. The summed E-state index contributed by atoms with van der Waals surface area (Å²) in [6.45, 7) is 5.56. The van der Waals surface area contributed by atoms with Crippen LogP contribution in [0.5, 0.6) is 5.75 Å². The van der Waals surface area contributed by atoms with Crippen LogP contribution >= 0.6 is 0 Å². The highest BCUT2D eigenvalue weighted by Gasteiger charge is 2.53. The maximum atomic E-state index is 6.54. The van der Waals surface area contributed by atoms with Crippen molar-refractivity contribution < 1.29 is 4.74 Å². The second-order valence-corrected chi connectivity index (χ2v) is 6.95. The fourth-order valence-corrected chi connectivity index (χ4v) is 3.79. The number of benzene rings is 1. The van der Waals surface area contributed by atoms with Gasteiger partial charge in [-0.25, -0.2) is 0 Å². The number of ether oxygens (including phenoxy) is 1. The molecule has 2 aliphatic rings. The van der Waals surface area contributed by atoms with Gasteiger partial charge in [-0.3, -0.25) is 14.9 Å². The van der Waals surface area contributed by atoms with Crippen LogP contribution in [0.2, 0.25) is 0 Å². The highest BCUT2D eigenvalue weighted by molar-refractivity contribution is 5.96. The summed E-state index contributed by atoms with van der Waals surface area (Å²) in [6.07, 6.45) is 6.13. The van der Waals surface area contributed by atoms with Crippen molar-refractivity contribution in [2.45, 2.75) is 32.4 Å². The number of aliphatic imine (C=N–C) groups is 1. The van der Waals surface area contributed by atoms with Crippen LogP contribution in [-0.4, -0.2) is 35.4 Å². The zero-order chi connectivity index (χ0) is 15.4. The lowest BCUT2D eigenvalue weighted by molar-refractivity contribution is -0.122. The van der Waals surface area contributed by atoms with E-state index in [0.717, 1.165) is 35.3 Å². The van der Waals surface area contributed by atoms with Gasteiger partial charge in [-0.1, -0.05) is 13.8 Å². The van der Waals surface area contributed by atoms with Crippen LogP contribution in [0.4, 0.5) is 5.69 Å². The van der Waals surface area contributed by atoms with Crippen LogP contribution in [0.25, 0.3) is 10.9 Å². The minimum atomic E-state index is -0.464. The van der Waals surface area contributed by atoms with Gasteiger partial charge in [0.05, 0.1) is 11.7 Å². The molecule has 0 amide bonds. The van der Waals surface area contributed by atoms with E-state index in [-0.39, 0.29) is 5.41 Å². The van der Waals surface area contributed by atoms with Gasteiger partial charge in [-0.05, 0) is 44.2 Å². The Balaban J connectivity index is 1.88. The maximum Gasteiger partial charge on any atom is 0.204 e. The Hall–Kier alpha value is -1.94. The number of hydrogen-bond acceptors (Lipinski definition) is 4. The van der Waals surface area contributed by atoms with Gasteiger partial charge in [0.15, 0.2) is 0 Å².